The fourth-order valence-corrected chi connectivity index (χ4v) is 2.25. The number of halogens is 1. The first kappa shape index (κ1) is 11.0. The average molecular weight is 257 g/mol. The number of imidazole rings is 1. The quantitative estimate of drug-likeness (QED) is 0.711. The van der Waals surface area contributed by atoms with Gasteiger partial charge in [0.15, 0.2) is 6.29 Å². The van der Waals surface area contributed by atoms with Crippen molar-refractivity contribution in [1.29, 1.82) is 0 Å². The number of carbonyl (C=O) groups excluding carboxylic acids is 1. The lowest BCUT2D eigenvalue weighted by molar-refractivity contribution is 0.112. The SMILES string of the molecule is O=Cc1ccccc1-c1cccc2[nH]c(Cl)nc12. The highest BCUT2D eigenvalue weighted by atomic mass is 35.5. The van der Waals surface area contributed by atoms with Gasteiger partial charge in [-0.15, -0.1) is 0 Å². The van der Waals surface area contributed by atoms with Gasteiger partial charge in [0, 0.05) is 11.1 Å². The lowest BCUT2D eigenvalue weighted by Gasteiger charge is -2.05. The summed E-state index contributed by atoms with van der Waals surface area (Å²) in [5, 5.41) is 0.348. The van der Waals surface area contributed by atoms with E-state index in [4.69, 9.17) is 11.6 Å². The molecule has 3 aromatic rings. The fourth-order valence-electron chi connectivity index (χ4n) is 2.06. The van der Waals surface area contributed by atoms with Crippen LogP contribution in [0.4, 0.5) is 0 Å². The van der Waals surface area contributed by atoms with Crippen LogP contribution in [0, 0.1) is 0 Å². The van der Waals surface area contributed by atoms with Gasteiger partial charge in [-0.05, 0) is 23.2 Å². The van der Waals surface area contributed by atoms with Crippen LogP contribution in [-0.4, -0.2) is 16.3 Å². The van der Waals surface area contributed by atoms with Crippen LogP contribution < -0.4 is 0 Å². The highest BCUT2D eigenvalue weighted by Crippen LogP contribution is 2.29. The molecule has 0 saturated carbocycles. The van der Waals surface area contributed by atoms with Gasteiger partial charge in [0.2, 0.25) is 5.28 Å². The highest BCUT2D eigenvalue weighted by Gasteiger charge is 2.10. The molecule has 88 valence electrons. The van der Waals surface area contributed by atoms with Crippen LogP contribution in [0.15, 0.2) is 42.5 Å². The zero-order valence-electron chi connectivity index (χ0n) is 9.35. The van der Waals surface area contributed by atoms with Gasteiger partial charge in [0.25, 0.3) is 0 Å². The predicted octanol–water partition coefficient (Wildman–Crippen LogP) is 3.70. The van der Waals surface area contributed by atoms with Gasteiger partial charge in [0.1, 0.15) is 0 Å². The Hall–Kier alpha value is -2.13. The van der Waals surface area contributed by atoms with E-state index in [1.165, 1.54) is 0 Å². The minimum absolute atomic E-state index is 0.348. The number of hydrogen-bond donors (Lipinski definition) is 1. The lowest BCUT2D eigenvalue weighted by Crippen LogP contribution is -1.88. The molecule has 3 rings (SSSR count). The van der Waals surface area contributed by atoms with Crippen molar-refractivity contribution < 1.29 is 4.79 Å². The van der Waals surface area contributed by atoms with E-state index in [0.717, 1.165) is 28.4 Å². The van der Waals surface area contributed by atoms with Gasteiger partial charge in [-0.25, -0.2) is 4.98 Å². The third-order valence-corrected chi connectivity index (χ3v) is 3.04. The molecule has 0 fully saturated rings. The number of H-pyrrole nitrogens is 1. The van der Waals surface area contributed by atoms with Gasteiger partial charge < -0.3 is 4.98 Å². The minimum atomic E-state index is 0.348. The molecule has 4 heteroatoms. The van der Waals surface area contributed by atoms with Crippen molar-refractivity contribution in [2.24, 2.45) is 0 Å². The van der Waals surface area contributed by atoms with Crippen LogP contribution in [-0.2, 0) is 0 Å². The number of aromatic amines is 1. The molecule has 0 saturated heterocycles. The highest BCUT2D eigenvalue weighted by molar-refractivity contribution is 6.29. The molecule has 0 amide bonds. The second-order valence-electron chi connectivity index (χ2n) is 3.93. The topological polar surface area (TPSA) is 45.8 Å². The molecule has 0 aliphatic carbocycles. The molecular weight excluding hydrogens is 248 g/mol. The van der Waals surface area contributed by atoms with Gasteiger partial charge in [0.05, 0.1) is 11.0 Å². The number of hydrogen-bond acceptors (Lipinski definition) is 2. The number of aldehydes is 1. The van der Waals surface area contributed by atoms with E-state index in [9.17, 15) is 4.79 Å². The summed E-state index contributed by atoms with van der Waals surface area (Å²) in [6.45, 7) is 0. The monoisotopic (exact) mass is 256 g/mol. The summed E-state index contributed by atoms with van der Waals surface area (Å²) in [4.78, 5) is 18.3. The number of carbonyl (C=O) groups is 1. The molecule has 0 radical (unpaired) electrons. The van der Waals surface area contributed by atoms with E-state index in [1.54, 1.807) is 6.07 Å². The number of fused-ring (bicyclic) bond motifs is 1. The maximum Gasteiger partial charge on any atom is 0.201 e. The number of nitrogens with zero attached hydrogens (tertiary/aromatic N) is 1. The molecule has 0 atom stereocenters. The maximum absolute atomic E-state index is 11.1. The summed E-state index contributed by atoms with van der Waals surface area (Å²) in [5.74, 6) is 0. The number of aromatic nitrogens is 2. The van der Waals surface area contributed by atoms with Crippen molar-refractivity contribution in [1.82, 2.24) is 9.97 Å². The van der Waals surface area contributed by atoms with Crippen molar-refractivity contribution in [2.45, 2.75) is 0 Å². The molecule has 3 nitrogen and oxygen atoms in total. The number of para-hydroxylation sites is 1. The second-order valence-corrected chi connectivity index (χ2v) is 4.29. The van der Waals surface area contributed by atoms with Crippen LogP contribution in [0.1, 0.15) is 10.4 Å². The summed E-state index contributed by atoms with van der Waals surface area (Å²) in [6.07, 6.45) is 0.850. The number of benzene rings is 2. The van der Waals surface area contributed by atoms with Crippen molar-refractivity contribution >= 4 is 28.9 Å². The van der Waals surface area contributed by atoms with Crippen LogP contribution in [0.3, 0.4) is 0 Å². The standard InChI is InChI=1S/C14H9ClN2O/c15-14-16-12-7-3-6-11(13(12)17-14)10-5-2-1-4-9(10)8-18/h1-8H,(H,16,17). The minimum Gasteiger partial charge on any atom is -0.329 e. The molecule has 0 aliphatic rings. The van der Waals surface area contributed by atoms with Crippen molar-refractivity contribution in [2.75, 3.05) is 0 Å². The normalized spacial score (nSPS) is 10.7. The molecular formula is C14H9ClN2O. The summed E-state index contributed by atoms with van der Waals surface area (Å²) >= 11 is 5.88. The first-order valence-corrected chi connectivity index (χ1v) is 5.86. The average Bonchev–Trinajstić information content (AvgIpc) is 2.78. The van der Waals surface area contributed by atoms with Crippen molar-refractivity contribution in [3.63, 3.8) is 0 Å². The molecule has 0 spiro atoms. The number of rotatable bonds is 2. The molecule has 1 N–H and O–H groups in total. The predicted molar refractivity (Wildman–Crippen MR) is 71.9 cm³/mol. The van der Waals surface area contributed by atoms with E-state index in [2.05, 4.69) is 9.97 Å². The zero-order valence-corrected chi connectivity index (χ0v) is 10.1. The molecule has 1 heterocycles. The third kappa shape index (κ3) is 1.69. The van der Waals surface area contributed by atoms with Crippen LogP contribution in [0.5, 0.6) is 0 Å². The second kappa shape index (κ2) is 4.27. The zero-order chi connectivity index (χ0) is 12.5. The van der Waals surface area contributed by atoms with Crippen LogP contribution in [0.25, 0.3) is 22.2 Å². The Bertz CT molecular complexity index is 733. The fraction of sp³-hybridized carbons (Fsp3) is 0. The van der Waals surface area contributed by atoms with E-state index in [-0.39, 0.29) is 0 Å². The third-order valence-electron chi connectivity index (χ3n) is 2.86. The summed E-state index contributed by atoms with van der Waals surface area (Å²) in [6, 6.07) is 13.2. The summed E-state index contributed by atoms with van der Waals surface area (Å²) in [5.41, 5.74) is 4.04. The molecule has 0 aliphatic heterocycles. The smallest absolute Gasteiger partial charge is 0.201 e. The first-order valence-electron chi connectivity index (χ1n) is 5.48. The summed E-state index contributed by atoms with van der Waals surface area (Å²) in [7, 11) is 0. The Kier molecular flexibility index (Phi) is 2.61. The molecule has 0 unspecified atom stereocenters. The van der Waals surface area contributed by atoms with Gasteiger partial charge in [-0.2, -0.15) is 0 Å². The Morgan fingerprint density at radius 3 is 2.67 bits per heavy atom. The largest absolute Gasteiger partial charge is 0.329 e. The van der Waals surface area contributed by atoms with Gasteiger partial charge in [-0.1, -0.05) is 36.4 Å². The van der Waals surface area contributed by atoms with Crippen molar-refractivity contribution in [3.8, 4) is 11.1 Å². The van der Waals surface area contributed by atoms with Gasteiger partial charge in [-0.3, -0.25) is 4.79 Å². The van der Waals surface area contributed by atoms with E-state index < -0.39 is 0 Å². The molecule has 2 aromatic carbocycles. The van der Waals surface area contributed by atoms with E-state index >= 15 is 0 Å². The van der Waals surface area contributed by atoms with Gasteiger partial charge >= 0.3 is 0 Å². The molecule has 0 bridgehead atoms. The maximum atomic E-state index is 11.1. The summed E-state index contributed by atoms with van der Waals surface area (Å²) < 4.78 is 0. The number of nitrogens with one attached hydrogen (secondary N) is 1. The van der Waals surface area contributed by atoms with Crippen LogP contribution >= 0.6 is 11.6 Å². The van der Waals surface area contributed by atoms with E-state index in [1.807, 2.05) is 36.4 Å². The molecule has 1 aromatic heterocycles. The Labute approximate surface area is 108 Å². The lowest BCUT2D eigenvalue weighted by atomic mass is 9.99. The first-order chi connectivity index (χ1) is 8.79. The Balaban J connectivity index is 2.34. The van der Waals surface area contributed by atoms with E-state index in [0.29, 0.717) is 10.8 Å². The Morgan fingerprint density at radius 2 is 1.83 bits per heavy atom. The molecule has 18 heavy (non-hydrogen) atoms. The van der Waals surface area contributed by atoms with Crippen molar-refractivity contribution in [3.05, 3.63) is 53.3 Å². The van der Waals surface area contributed by atoms with Crippen LogP contribution in [0.2, 0.25) is 5.28 Å². The Morgan fingerprint density at radius 1 is 1.06 bits per heavy atom.